The Morgan fingerprint density at radius 1 is 1.50 bits per heavy atom. The predicted molar refractivity (Wildman–Crippen MR) is 58.4 cm³/mol. The minimum atomic E-state index is -0.0394. The molecule has 1 aromatic carbocycles. The molecule has 1 N–H and O–H groups in total. The molecule has 0 heterocycles. The second-order valence-electron chi connectivity index (χ2n) is 3.32. The Labute approximate surface area is 84.6 Å². The molecule has 0 spiro atoms. The zero-order valence-corrected chi connectivity index (χ0v) is 8.63. The number of benzene rings is 1. The van der Waals surface area contributed by atoms with Gasteiger partial charge in [-0.15, -0.1) is 6.58 Å². The van der Waals surface area contributed by atoms with Crippen LogP contribution in [0, 0.1) is 13.8 Å². The first kappa shape index (κ1) is 10.5. The fraction of sp³-hybridized carbons (Fsp3) is 0.250. The van der Waals surface area contributed by atoms with E-state index in [2.05, 4.69) is 11.9 Å². The van der Waals surface area contributed by atoms with Gasteiger partial charge in [-0.25, -0.2) is 0 Å². The quantitative estimate of drug-likeness (QED) is 0.726. The van der Waals surface area contributed by atoms with Crippen molar-refractivity contribution in [2.75, 3.05) is 6.54 Å². The van der Waals surface area contributed by atoms with E-state index in [1.165, 1.54) is 5.56 Å². The topological polar surface area (TPSA) is 29.1 Å². The van der Waals surface area contributed by atoms with E-state index < -0.39 is 0 Å². The van der Waals surface area contributed by atoms with E-state index in [9.17, 15) is 4.79 Å². The molecule has 74 valence electrons. The Morgan fingerprint density at radius 2 is 2.21 bits per heavy atom. The van der Waals surface area contributed by atoms with Gasteiger partial charge in [0.15, 0.2) is 0 Å². The molecular weight excluding hydrogens is 174 g/mol. The molecule has 14 heavy (non-hydrogen) atoms. The molecule has 0 aliphatic rings. The van der Waals surface area contributed by atoms with Gasteiger partial charge >= 0.3 is 0 Å². The van der Waals surface area contributed by atoms with Crippen LogP contribution in [0.3, 0.4) is 0 Å². The van der Waals surface area contributed by atoms with Gasteiger partial charge in [0.05, 0.1) is 0 Å². The van der Waals surface area contributed by atoms with Crippen LogP contribution in [0.25, 0.3) is 0 Å². The highest BCUT2D eigenvalue weighted by atomic mass is 16.1. The van der Waals surface area contributed by atoms with Crippen molar-refractivity contribution < 1.29 is 4.79 Å². The van der Waals surface area contributed by atoms with E-state index in [-0.39, 0.29) is 5.91 Å². The van der Waals surface area contributed by atoms with Crippen molar-refractivity contribution in [3.63, 3.8) is 0 Å². The summed E-state index contributed by atoms with van der Waals surface area (Å²) in [5.41, 5.74) is 2.91. The van der Waals surface area contributed by atoms with Crippen molar-refractivity contribution in [3.05, 3.63) is 47.5 Å². The van der Waals surface area contributed by atoms with Crippen LogP contribution < -0.4 is 5.32 Å². The van der Waals surface area contributed by atoms with Gasteiger partial charge in [-0.1, -0.05) is 23.8 Å². The molecule has 1 amide bonds. The Morgan fingerprint density at radius 3 is 2.79 bits per heavy atom. The molecule has 0 aliphatic heterocycles. The van der Waals surface area contributed by atoms with Crippen molar-refractivity contribution in [2.45, 2.75) is 13.8 Å². The van der Waals surface area contributed by atoms with E-state index in [1.54, 1.807) is 6.08 Å². The molecule has 2 heteroatoms. The number of hydrogen-bond acceptors (Lipinski definition) is 1. The highest BCUT2D eigenvalue weighted by molar-refractivity contribution is 5.95. The van der Waals surface area contributed by atoms with Gasteiger partial charge in [0, 0.05) is 12.1 Å². The minimum Gasteiger partial charge on any atom is -0.349 e. The molecular formula is C12H15NO. The number of aryl methyl sites for hydroxylation is 2. The Kier molecular flexibility index (Phi) is 3.46. The summed E-state index contributed by atoms with van der Waals surface area (Å²) in [5.74, 6) is -0.0394. The molecule has 0 bridgehead atoms. The van der Waals surface area contributed by atoms with E-state index in [0.717, 1.165) is 11.1 Å². The molecule has 0 aliphatic carbocycles. The van der Waals surface area contributed by atoms with E-state index in [1.807, 2.05) is 32.0 Å². The largest absolute Gasteiger partial charge is 0.349 e. The molecule has 2 nitrogen and oxygen atoms in total. The van der Waals surface area contributed by atoms with Gasteiger partial charge in [-0.2, -0.15) is 0 Å². The first-order valence-corrected chi connectivity index (χ1v) is 4.61. The summed E-state index contributed by atoms with van der Waals surface area (Å²) in [6.45, 7) is 8.01. The SMILES string of the molecule is C=CCNC(=O)c1ccc(C)cc1C. The molecule has 1 aromatic rings. The Hall–Kier alpha value is -1.57. The standard InChI is InChI=1S/C12H15NO/c1-4-7-13-12(14)11-6-5-9(2)8-10(11)3/h4-6,8H,1,7H2,2-3H3,(H,13,14). The normalized spacial score (nSPS) is 9.57. The summed E-state index contributed by atoms with van der Waals surface area (Å²) in [6.07, 6.45) is 1.67. The van der Waals surface area contributed by atoms with Crippen LogP contribution in [0.15, 0.2) is 30.9 Å². The molecule has 0 saturated heterocycles. The number of rotatable bonds is 3. The number of amides is 1. The van der Waals surface area contributed by atoms with Crippen LogP contribution in [-0.2, 0) is 0 Å². The highest BCUT2D eigenvalue weighted by Gasteiger charge is 2.06. The average molecular weight is 189 g/mol. The lowest BCUT2D eigenvalue weighted by atomic mass is 10.1. The summed E-state index contributed by atoms with van der Waals surface area (Å²) < 4.78 is 0. The first-order chi connectivity index (χ1) is 6.65. The third-order valence-electron chi connectivity index (χ3n) is 2.03. The third-order valence-corrected chi connectivity index (χ3v) is 2.03. The summed E-state index contributed by atoms with van der Waals surface area (Å²) in [5, 5.41) is 2.75. The average Bonchev–Trinajstić information content (AvgIpc) is 2.14. The van der Waals surface area contributed by atoms with Gasteiger partial charge in [-0.05, 0) is 25.5 Å². The van der Waals surface area contributed by atoms with E-state index >= 15 is 0 Å². The lowest BCUT2D eigenvalue weighted by Crippen LogP contribution is -2.23. The van der Waals surface area contributed by atoms with Crippen LogP contribution in [0.5, 0.6) is 0 Å². The molecule has 0 fully saturated rings. The smallest absolute Gasteiger partial charge is 0.251 e. The molecule has 0 aromatic heterocycles. The molecule has 0 saturated carbocycles. The summed E-state index contributed by atoms with van der Waals surface area (Å²) >= 11 is 0. The number of carbonyl (C=O) groups is 1. The number of hydrogen-bond donors (Lipinski definition) is 1. The van der Waals surface area contributed by atoms with E-state index in [4.69, 9.17) is 0 Å². The van der Waals surface area contributed by atoms with E-state index in [0.29, 0.717) is 6.54 Å². The van der Waals surface area contributed by atoms with Crippen LogP contribution >= 0.6 is 0 Å². The monoisotopic (exact) mass is 189 g/mol. The van der Waals surface area contributed by atoms with Crippen LogP contribution in [0.4, 0.5) is 0 Å². The van der Waals surface area contributed by atoms with Gasteiger partial charge in [-0.3, -0.25) is 4.79 Å². The highest BCUT2D eigenvalue weighted by Crippen LogP contribution is 2.09. The van der Waals surface area contributed by atoms with Gasteiger partial charge < -0.3 is 5.32 Å². The second kappa shape index (κ2) is 4.61. The van der Waals surface area contributed by atoms with Crippen LogP contribution in [-0.4, -0.2) is 12.5 Å². The zero-order valence-electron chi connectivity index (χ0n) is 8.63. The zero-order chi connectivity index (χ0) is 10.6. The molecule has 1 rings (SSSR count). The summed E-state index contributed by atoms with van der Waals surface area (Å²) in [7, 11) is 0. The van der Waals surface area contributed by atoms with Crippen molar-refractivity contribution in [1.82, 2.24) is 5.32 Å². The van der Waals surface area contributed by atoms with Crippen molar-refractivity contribution in [1.29, 1.82) is 0 Å². The lowest BCUT2D eigenvalue weighted by Gasteiger charge is -2.06. The van der Waals surface area contributed by atoms with Crippen molar-refractivity contribution >= 4 is 5.91 Å². The van der Waals surface area contributed by atoms with Crippen molar-refractivity contribution in [2.24, 2.45) is 0 Å². The Balaban J connectivity index is 2.84. The molecule has 0 unspecified atom stereocenters. The second-order valence-corrected chi connectivity index (χ2v) is 3.32. The third kappa shape index (κ3) is 2.46. The maximum atomic E-state index is 11.6. The summed E-state index contributed by atoms with van der Waals surface area (Å²) in [6, 6.07) is 5.79. The Bertz CT molecular complexity index is 355. The van der Waals surface area contributed by atoms with Crippen LogP contribution in [0.2, 0.25) is 0 Å². The summed E-state index contributed by atoms with van der Waals surface area (Å²) in [4.78, 5) is 11.6. The number of nitrogens with one attached hydrogen (secondary N) is 1. The predicted octanol–water partition coefficient (Wildman–Crippen LogP) is 2.22. The maximum Gasteiger partial charge on any atom is 0.251 e. The van der Waals surface area contributed by atoms with Gasteiger partial charge in [0.25, 0.3) is 5.91 Å². The molecule has 0 radical (unpaired) electrons. The fourth-order valence-electron chi connectivity index (χ4n) is 1.33. The minimum absolute atomic E-state index is 0.0394. The number of carbonyl (C=O) groups excluding carboxylic acids is 1. The lowest BCUT2D eigenvalue weighted by molar-refractivity contribution is 0.0957. The fourth-order valence-corrected chi connectivity index (χ4v) is 1.33. The van der Waals surface area contributed by atoms with Gasteiger partial charge in [0.2, 0.25) is 0 Å². The van der Waals surface area contributed by atoms with Crippen molar-refractivity contribution in [3.8, 4) is 0 Å². The van der Waals surface area contributed by atoms with Gasteiger partial charge in [0.1, 0.15) is 0 Å². The molecule has 0 atom stereocenters. The maximum absolute atomic E-state index is 11.6. The van der Waals surface area contributed by atoms with Crippen LogP contribution in [0.1, 0.15) is 21.5 Å². The first-order valence-electron chi connectivity index (χ1n) is 4.61.